The zero-order valence-corrected chi connectivity index (χ0v) is 11.6. The van der Waals surface area contributed by atoms with Crippen LogP contribution in [-0.4, -0.2) is 14.8 Å². The Morgan fingerprint density at radius 1 is 1.32 bits per heavy atom. The molecule has 0 aliphatic carbocycles. The lowest BCUT2D eigenvalue weighted by atomic mass is 9.97. The Hall–Kier alpha value is -1.91. The maximum atomic E-state index is 14.1. The van der Waals surface area contributed by atoms with Crippen LogP contribution in [0.4, 0.5) is 10.1 Å². The van der Waals surface area contributed by atoms with Gasteiger partial charge in [-0.05, 0) is 38.8 Å². The van der Waals surface area contributed by atoms with Crippen LogP contribution in [0.3, 0.4) is 0 Å². The van der Waals surface area contributed by atoms with Gasteiger partial charge in [0.05, 0.1) is 16.9 Å². The highest BCUT2D eigenvalue weighted by Gasteiger charge is 2.36. The van der Waals surface area contributed by atoms with Gasteiger partial charge in [0.25, 0.3) is 0 Å². The van der Waals surface area contributed by atoms with Crippen LogP contribution in [0.25, 0.3) is 5.69 Å². The fraction of sp³-hybridized carbons (Fsp3) is 0.429. The molecular formula is C14H17FN4. The van der Waals surface area contributed by atoms with Crippen molar-refractivity contribution in [1.29, 1.82) is 0 Å². The molecule has 2 heterocycles. The minimum atomic E-state index is -0.443. The van der Waals surface area contributed by atoms with Gasteiger partial charge in [-0.3, -0.25) is 4.57 Å². The topological polar surface area (TPSA) is 42.7 Å². The Bertz CT molecular complexity index is 658. The van der Waals surface area contributed by atoms with E-state index in [0.717, 1.165) is 29.3 Å². The van der Waals surface area contributed by atoms with Gasteiger partial charge >= 0.3 is 0 Å². The van der Waals surface area contributed by atoms with E-state index in [-0.39, 0.29) is 5.82 Å². The summed E-state index contributed by atoms with van der Waals surface area (Å²) in [5, 5.41) is 11.6. The van der Waals surface area contributed by atoms with Crippen molar-refractivity contribution in [2.24, 2.45) is 0 Å². The van der Waals surface area contributed by atoms with E-state index >= 15 is 0 Å². The quantitative estimate of drug-likeness (QED) is 0.857. The van der Waals surface area contributed by atoms with Gasteiger partial charge < -0.3 is 5.32 Å². The third-order valence-electron chi connectivity index (χ3n) is 3.64. The van der Waals surface area contributed by atoms with Crippen LogP contribution in [0.5, 0.6) is 0 Å². The summed E-state index contributed by atoms with van der Waals surface area (Å²) < 4.78 is 16.1. The Balaban J connectivity index is 2.41. The molecule has 0 amide bonds. The number of aromatic nitrogens is 3. The van der Waals surface area contributed by atoms with Crippen LogP contribution in [0.1, 0.15) is 38.0 Å². The number of halogens is 1. The molecule has 1 aliphatic rings. The molecule has 0 saturated heterocycles. The zero-order valence-electron chi connectivity index (χ0n) is 11.6. The number of nitrogens with one attached hydrogen (secondary N) is 1. The van der Waals surface area contributed by atoms with Crippen LogP contribution >= 0.6 is 0 Å². The summed E-state index contributed by atoms with van der Waals surface area (Å²) in [5.74, 6) is 1.36. The van der Waals surface area contributed by atoms with Gasteiger partial charge in [0, 0.05) is 0 Å². The summed E-state index contributed by atoms with van der Waals surface area (Å²) in [6, 6.07) is 3.35. The average Bonchev–Trinajstić information content (AvgIpc) is 2.74. The third-order valence-corrected chi connectivity index (χ3v) is 3.64. The molecule has 5 heteroatoms. The second-order valence-corrected chi connectivity index (χ2v) is 5.44. The second-order valence-electron chi connectivity index (χ2n) is 5.44. The first kappa shape index (κ1) is 12.1. The lowest BCUT2D eigenvalue weighted by Crippen LogP contribution is -2.37. The van der Waals surface area contributed by atoms with Crippen molar-refractivity contribution in [2.45, 2.75) is 39.7 Å². The molecule has 0 bridgehead atoms. The molecular weight excluding hydrogens is 243 g/mol. The number of nitrogens with zero attached hydrogens (tertiary/aromatic N) is 3. The molecule has 1 aliphatic heterocycles. The van der Waals surface area contributed by atoms with Gasteiger partial charge in [0.2, 0.25) is 0 Å². The maximum Gasteiger partial charge on any atom is 0.162 e. The molecule has 1 aromatic carbocycles. The molecule has 19 heavy (non-hydrogen) atoms. The van der Waals surface area contributed by atoms with Crippen LogP contribution < -0.4 is 5.32 Å². The first-order valence-electron chi connectivity index (χ1n) is 6.48. The predicted octanol–water partition coefficient (Wildman–Crippen LogP) is 2.94. The molecule has 0 spiro atoms. The minimum absolute atomic E-state index is 0.237. The SMILES string of the molecule is CCc1ccc(F)c2c1-n1c(C)nnc1C(C)(C)N2. The van der Waals surface area contributed by atoms with Crippen LogP contribution in [0.2, 0.25) is 0 Å². The van der Waals surface area contributed by atoms with E-state index in [1.165, 1.54) is 6.07 Å². The molecule has 3 rings (SSSR count). The molecule has 0 saturated carbocycles. The summed E-state index contributed by atoms with van der Waals surface area (Å²) in [6.45, 7) is 7.92. The lowest BCUT2D eigenvalue weighted by molar-refractivity contribution is 0.521. The van der Waals surface area contributed by atoms with Crippen molar-refractivity contribution in [3.05, 3.63) is 35.2 Å². The van der Waals surface area contributed by atoms with Crippen LogP contribution in [0.15, 0.2) is 12.1 Å². The number of rotatable bonds is 1. The number of anilines is 1. The predicted molar refractivity (Wildman–Crippen MR) is 72.1 cm³/mol. The molecule has 4 nitrogen and oxygen atoms in total. The van der Waals surface area contributed by atoms with E-state index in [2.05, 4.69) is 22.4 Å². The summed E-state index contributed by atoms with van der Waals surface area (Å²) in [7, 11) is 0. The van der Waals surface area contributed by atoms with Crippen molar-refractivity contribution >= 4 is 5.69 Å². The lowest BCUT2D eigenvalue weighted by Gasteiger charge is -2.35. The van der Waals surface area contributed by atoms with E-state index in [0.29, 0.717) is 5.69 Å². The maximum absolute atomic E-state index is 14.1. The molecule has 0 fully saturated rings. The highest BCUT2D eigenvalue weighted by atomic mass is 19.1. The van der Waals surface area contributed by atoms with Gasteiger partial charge in [-0.15, -0.1) is 10.2 Å². The van der Waals surface area contributed by atoms with Gasteiger partial charge in [-0.2, -0.15) is 0 Å². The van der Waals surface area contributed by atoms with E-state index in [1.54, 1.807) is 0 Å². The fourth-order valence-electron chi connectivity index (χ4n) is 2.67. The largest absolute Gasteiger partial charge is 0.369 e. The van der Waals surface area contributed by atoms with Crippen LogP contribution in [0, 0.1) is 12.7 Å². The number of benzene rings is 1. The summed E-state index contributed by atoms with van der Waals surface area (Å²) >= 11 is 0. The van der Waals surface area contributed by atoms with E-state index in [9.17, 15) is 4.39 Å². The molecule has 2 aromatic rings. The van der Waals surface area contributed by atoms with Gasteiger partial charge in [-0.1, -0.05) is 13.0 Å². The summed E-state index contributed by atoms with van der Waals surface area (Å²) in [5.41, 5.74) is 2.03. The zero-order chi connectivity index (χ0) is 13.8. The van der Waals surface area contributed by atoms with Crippen molar-refractivity contribution in [3.63, 3.8) is 0 Å². The van der Waals surface area contributed by atoms with Crippen molar-refractivity contribution in [3.8, 4) is 5.69 Å². The van der Waals surface area contributed by atoms with Crippen molar-refractivity contribution in [2.75, 3.05) is 5.32 Å². The Kier molecular flexibility index (Phi) is 2.42. The normalized spacial score (nSPS) is 15.6. The number of hydrogen-bond acceptors (Lipinski definition) is 3. The molecule has 0 radical (unpaired) electrons. The first-order chi connectivity index (χ1) is 8.95. The number of fused-ring (bicyclic) bond motifs is 3. The molecule has 1 aromatic heterocycles. The highest BCUT2D eigenvalue weighted by Crippen LogP contribution is 2.39. The molecule has 0 unspecified atom stereocenters. The van der Waals surface area contributed by atoms with Gasteiger partial charge in [0.1, 0.15) is 11.6 Å². The van der Waals surface area contributed by atoms with Crippen molar-refractivity contribution in [1.82, 2.24) is 14.8 Å². The Labute approximate surface area is 111 Å². The van der Waals surface area contributed by atoms with Crippen molar-refractivity contribution < 1.29 is 4.39 Å². The van der Waals surface area contributed by atoms with Crippen LogP contribution in [-0.2, 0) is 12.0 Å². The van der Waals surface area contributed by atoms with E-state index in [4.69, 9.17) is 0 Å². The van der Waals surface area contributed by atoms with Gasteiger partial charge in [0.15, 0.2) is 5.82 Å². The number of hydrogen-bond donors (Lipinski definition) is 1. The Morgan fingerprint density at radius 2 is 2.05 bits per heavy atom. The second kappa shape index (κ2) is 3.79. The minimum Gasteiger partial charge on any atom is -0.369 e. The molecule has 1 N–H and O–H groups in total. The summed E-state index contributed by atoms with van der Waals surface area (Å²) in [6.07, 6.45) is 0.835. The number of aryl methyl sites for hydroxylation is 2. The van der Waals surface area contributed by atoms with E-state index < -0.39 is 5.54 Å². The third kappa shape index (κ3) is 1.57. The average molecular weight is 260 g/mol. The van der Waals surface area contributed by atoms with E-state index in [1.807, 2.05) is 31.4 Å². The highest BCUT2D eigenvalue weighted by molar-refractivity contribution is 5.70. The molecule has 0 atom stereocenters. The standard InChI is InChI=1S/C14H17FN4/c1-5-9-6-7-10(15)11-12(9)19-8(2)17-18-13(19)14(3,4)16-11/h6-7,16H,5H2,1-4H3. The first-order valence-corrected chi connectivity index (χ1v) is 6.48. The Morgan fingerprint density at radius 3 is 2.74 bits per heavy atom. The summed E-state index contributed by atoms with van der Waals surface area (Å²) in [4.78, 5) is 0. The molecule has 100 valence electrons. The fourth-order valence-corrected chi connectivity index (χ4v) is 2.67. The monoisotopic (exact) mass is 260 g/mol. The smallest absolute Gasteiger partial charge is 0.162 e. The van der Waals surface area contributed by atoms with Gasteiger partial charge in [-0.25, -0.2) is 4.39 Å².